The molecule has 162 valence electrons. The van der Waals surface area contributed by atoms with Crippen LogP contribution in [0.2, 0.25) is 0 Å². The third-order valence-electron chi connectivity index (χ3n) is 6.03. The molecule has 2 aromatic carbocycles. The summed E-state index contributed by atoms with van der Waals surface area (Å²) in [4.78, 5) is 38.6. The Morgan fingerprint density at radius 3 is 2.61 bits per heavy atom. The Balaban J connectivity index is 1.29. The van der Waals surface area contributed by atoms with Crippen molar-refractivity contribution in [2.24, 2.45) is 0 Å². The number of esters is 1. The summed E-state index contributed by atoms with van der Waals surface area (Å²) < 4.78 is 5.38. The average molecular weight is 421 g/mol. The molecule has 2 amide bonds. The SMILES string of the molecule is C[C@H](OC(=O)Cc1ccc(N2CCCC2=O)cc1)C(=O)N[C@H]1CCCc2ccccc21. The predicted molar refractivity (Wildman–Crippen MR) is 118 cm³/mol. The second kappa shape index (κ2) is 9.33. The van der Waals surface area contributed by atoms with Gasteiger partial charge in [0.05, 0.1) is 12.5 Å². The Hall–Kier alpha value is -3.15. The van der Waals surface area contributed by atoms with Gasteiger partial charge in [0, 0.05) is 18.7 Å². The molecule has 1 fully saturated rings. The van der Waals surface area contributed by atoms with E-state index in [4.69, 9.17) is 4.74 Å². The lowest BCUT2D eigenvalue weighted by molar-refractivity contribution is -0.154. The van der Waals surface area contributed by atoms with E-state index >= 15 is 0 Å². The van der Waals surface area contributed by atoms with Crippen molar-refractivity contribution in [2.45, 2.75) is 57.6 Å². The van der Waals surface area contributed by atoms with Crippen LogP contribution in [0.5, 0.6) is 0 Å². The highest BCUT2D eigenvalue weighted by Gasteiger charge is 2.25. The van der Waals surface area contributed by atoms with Crippen LogP contribution in [-0.4, -0.2) is 30.4 Å². The van der Waals surface area contributed by atoms with Crippen molar-refractivity contribution >= 4 is 23.5 Å². The zero-order chi connectivity index (χ0) is 21.8. The number of fused-ring (bicyclic) bond motifs is 1. The van der Waals surface area contributed by atoms with Gasteiger partial charge in [-0.05, 0) is 61.4 Å². The van der Waals surface area contributed by atoms with Gasteiger partial charge in [-0.3, -0.25) is 14.4 Å². The van der Waals surface area contributed by atoms with E-state index in [2.05, 4.69) is 17.4 Å². The van der Waals surface area contributed by atoms with Gasteiger partial charge in [0.1, 0.15) is 0 Å². The summed E-state index contributed by atoms with van der Waals surface area (Å²) in [5, 5.41) is 3.03. The molecule has 1 N–H and O–H groups in total. The third-order valence-corrected chi connectivity index (χ3v) is 6.03. The van der Waals surface area contributed by atoms with Crippen LogP contribution in [0.25, 0.3) is 0 Å². The van der Waals surface area contributed by atoms with Crippen LogP contribution in [0.1, 0.15) is 55.3 Å². The minimum Gasteiger partial charge on any atom is -0.452 e. The van der Waals surface area contributed by atoms with Gasteiger partial charge in [-0.25, -0.2) is 0 Å². The highest BCUT2D eigenvalue weighted by Crippen LogP contribution is 2.29. The Morgan fingerprint density at radius 2 is 1.87 bits per heavy atom. The molecular weight excluding hydrogens is 392 g/mol. The average Bonchev–Trinajstić information content (AvgIpc) is 3.20. The fraction of sp³-hybridized carbons (Fsp3) is 0.400. The summed E-state index contributed by atoms with van der Waals surface area (Å²) in [5.74, 6) is -0.595. The molecule has 1 saturated heterocycles. The standard InChI is InChI=1S/C25H28N2O4/c1-17(25(30)26-22-9-4-7-19-6-2-3-8-21(19)22)31-24(29)16-18-11-13-20(14-12-18)27-15-5-10-23(27)28/h2-3,6,8,11-14,17,22H,4-5,7,9-10,15-16H2,1H3,(H,26,30)/t17-,22-/m0/s1. The van der Waals surface area contributed by atoms with Gasteiger partial charge in [0.15, 0.2) is 6.10 Å². The molecule has 0 radical (unpaired) electrons. The molecule has 2 aromatic rings. The first-order valence-corrected chi connectivity index (χ1v) is 11.0. The number of aryl methyl sites for hydroxylation is 1. The number of amides is 2. The lowest BCUT2D eigenvalue weighted by Gasteiger charge is -2.27. The number of carbonyl (C=O) groups excluding carboxylic acids is 3. The molecule has 1 aliphatic carbocycles. The van der Waals surface area contributed by atoms with Gasteiger partial charge in [0.25, 0.3) is 5.91 Å². The van der Waals surface area contributed by atoms with Gasteiger partial charge in [0.2, 0.25) is 5.91 Å². The highest BCUT2D eigenvalue weighted by atomic mass is 16.5. The minimum atomic E-state index is -0.858. The minimum absolute atomic E-state index is 0.0422. The molecule has 4 rings (SSSR count). The fourth-order valence-electron chi connectivity index (χ4n) is 4.37. The molecule has 6 nitrogen and oxygen atoms in total. The molecule has 6 heteroatoms. The summed E-state index contributed by atoms with van der Waals surface area (Å²) in [6, 6.07) is 15.5. The van der Waals surface area contributed by atoms with Crippen molar-refractivity contribution in [3.05, 3.63) is 65.2 Å². The van der Waals surface area contributed by atoms with Crippen molar-refractivity contribution in [3.8, 4) is 0 Å². The Kier molecular flexibility index (Phi) is 6.35. The van der Waals surface area contributed by atoms with Gasteiger partial charge in [-0.15, -0.1) is 0 Å². The number of anilines is 1. The molecule has 1 heterocycles. The summed E-state index contributed by atoms with van der Waals surface area (Å²) in [7, 11) is 0. The van der Waals surface area contributed by atoms with Gasteiger partial charge < -0.3 is 15.0 Å². The maximum atomic E-state index is 12.6. The zero-order valence-corrected chi connectivity index (χ0v) is 17.8. The van der Waals surface area contributed by atoms with E-state index in [9.17, 15) is 14.4 Å². The molecule has 0 bridgehead atoms. The van der Waals surface area contributed by atoms with Crippen LogP contribution in [-0.2, 0) is 32.0 Å². The van der Waals surface area contributed by atoms with E-state index < -0.39 is 12.1 Å². The maximum absolute atomic E-state index is 12.6. The van der Waals surface area contributed by atoms with Crippen molar-refractivity contribution in [1.82, 2.24) is 5.32 Å². The fourth-order valence-corrected chi connectivity index (χ4v) is 4.37. The van der Waals surface area contributed by atoms with Crippen LogP contribution < -0.4 is 10.2 Å². The van der Waals surface area contributed by atoms with Crippen molar-refractivity contribution < 1.29 is 19.1 Å². The first-order chi connectivity index (χ1) is 15.0. The van der Waals surface area contributed by atoms with E-state index in [1.54, 1.807) is 11.8 Å². The molecule has 31 heavy (non-hydrogen) atoms. The zero-order valence-electron chi connectivity index (χ0n) is 17.8. The first kappa shape index (κ1) is 21.1. The number of carbonyl (C=O) groups is 3. The van der Waals surface area contributed by atoms with Gasteiger partial charge in [-0.1, -0.05) is 36.4 Å². The summed E-state index contributed by atoms with van der Waals surface area (Å²) >= 11 is 0. The number of nitrogens with one attached hydrogen (secondary N) is 1. The number of hydrogen-bond donors (Lipinski definition) is 1. The second-order valence-corrected chi connectivity index (χ2v) is 8.28. The molecule has 0 saturated carbocycles. The number of nitrogens with zero attached hydrogens (tertiary/aromatic N) is 1. The van der Waals surface area contributed by atoms with Gasteiger partial charge >= 0.3 is 5.97 Å². The summed E-state index contributed by atoms with van der Waals surface area (Å²) in [6.07, 6.45) is 3.61. The van der Waals surface area contributed by atoms with E-state index in [0.717, 1.165) is 49.0 Å². The molecule has 1 aliphatic heterocycles. The Bertz CT molecular complexity index is 970. The lowest BCUT2D eigenvalue weighted by Crippen LogP contribution is -2.39. The van der Waals surface area contributed by atoms with E-state index in [-0.39, 0.29) is 24.3 Å². The largest absolute Gasteiger partial charge is 0.452 e. The molecule has 0 spiro atoms. The molecule has 0 aromatic heterocycles. The highest BCUT2D eigenvalue weighted by molar-refractivity contribution is 5.95. The number of rotatable bonds is 6. The quantitative estimate of drug-likeness (QED) is 0.726. The topological polar surface area (TPSA) is 75.7 Å². The van der Waals surface area contributed by atoms with Crippen molar-refractivity contribution in [1.29, 1.82) is 0 Å². The normalized spacial score (nSPS) is 18.9. The van der Waals surface area contributed by atoms with Crippen LogP contribution in [0.3, 0.4) is 0 Å². The summed E-state index contributed by atoms with van der Waals surface area (Å²) in [6.45, 7) is 2.34. The summed E-state index contributed by atoms with van der Waals surface area (Å²) in [5.41, 5.74) is 4.05. The van der Waals surface area contributed by atoms with Crippen LogP contribution in [0.15, 0.2) is 48.5 Å². The smallest absolute Gasteiger partial charge is 0.311 e. The number of ether oxygens (including phenoxy) is 1. The monoisotopic (exact) mass is 420 g/mol. The first-order valence-electron chi connectivity index (χ1n) is 11.0. The van der Waals surface area contributed by atoms with E-state index in [1.807, 2.05) is 36.4 Å². The molecular formula is C25H28N2O4. The van der Waals surface area contributed by atoms with Crippen molar-refractivity contribution in [3.63, 3.8) is 0 Å². The second-order valence-electron chi connectivity index (χ2n) is 8.28. The van der Waals surface area contributed by atoms with Crippen LogP contribution in [0, 0.1) is 0 Å². The van der Waals surface area contributed by atoms with E-state index in [1.165, 1.54) is 5.56 Å². The molecule has 2 aliphatic rings. The van der Waals surface area contributed by atoms with Crippen LogP contribution in [0.4, 0.5) is 5.69 Å². The van der Waals surface area contributed by atoms with E-state index in [0.29, 0.717) is 6.42 Å². The number of benzene rings is 2. The Labute approximate surface area is 182 Å². The van der Waals surface area contributed by atoms with Crippen molar-refractivity contribution in [2.75, 3.05) is 11.4 Å². The lowest BCUT2D eigenvalue weighted by atomic mass is 9.87. The molecule has 0 unspecified atom stereocenters. The van der Waals surface area contributed by atoms with Gasteiger partial charge in [-0.2, -0.15) is 0 Å². The molecule has 2 atom stereocenters. The maximum Gasteiger partial charge on any atom is 0.311 e. The number of hydrogen-bond acceptors (Lipinski definition) is 4. The third kappa shape index (κ3) is 4.95. The van der Waals surface area contributed by atoms with Crippen LogP contribution >= 0.6 is 0 Å². The predicted octanol–water partition coefficient (Wildman–Crippen LogP) is 3.48. The Morgan fingerprint density at radius 1 is 1.10 bits per heavy atom.